The second-order valence-corrected chi connectivity index (χ2v) is 7.28. The van der Waals surface area contributed by atoms with E-state index < -0.39 is 49.6 Å². The molecule has 2 aromatic rings. The van der Waals surface area contributed by atoms with Gasteiger partial charge in [-0.05, 0) is 30.3 Å². The molecular formula is C15H6BrF5N2O2S. The molecule has 0 heterocycles. The Hall–Kier alpha value is -2.45. The summed E-state index contributed by atoms with van der Waals surface area (Å²) in [7, 11) is -4.64. The molecule has 4 nitrogen and oxygen atoms in total. The number of anilines is 1. The zero-order valence-electron chi connectivity index (χ0n) is 12.3. The highest BCUT2D eigenvalue weighted by Crippen LogP contribution is 2.26. The second kappa shape index (κ2) is 7.43. The maximum atomic E-state index is 13.7. The quantitative estimate of drug-likeness (QED) is 0.322. The Morgan fingerprint density at radius 3 is 1.88 bits per heavy atom. The number of rotatable bonds is 4. The molecule has 0 unspecified atom stereocenters. The van der Waals surface area contributed by atoms with Gasteiger partial charge >= 0.3 is 0 Å². The van der Waals surface area contributed by atoms with Crippen LogP contribution < -0.4 is 4.72 Å². The molecule has 26 heavy (non-hydrogen) atoms. The molecule has 0 saturated heterocycles. The number of nitrogens with one attached hydrogen (secondary N) is 1. The largest absolute Gasteiger partial charge is 0.279 e. The highest BCUT2D eigenvalue weighted by Gasteiger charge is 2.27. The maximum Gasteiger partial charge on any atom is 0.272 e. The zero-order valence-corrected chi connectivity index (χ0v) is 14.7. The minimum Gasteiger partial charge on any atom is -0.279 e. The first-order chi connectivity index (χ1) is 12.1. The number of nitrogens with zero attached hydrogens (tertiary/aromatic N) is 1. The van der Waals surface area contributed by atoms with Crippen molar-refractivity contribution in [3.63, 3.8) is 0 Å². The summed E-state index contributed by atoms with van der Waals surface area (Å²) in [6.45, 7) is 0. The van der Waals surface area contributed by atoms with E-state index in [0.717, 1.165) is 6.07 Å². The average molecular weight is 453 g/mol. The van der Waals surface area contributed by atoms with Crippen LogP contribution in [0.4, 0.5) is 27.6 Å². The van der Waals surface area contributed by atoms with Gasteiger partial charge < -0.3 is 0 Å². The van der Waals surface area contributed by atoms with Gasteiger partial charge in [-0.25, -0.2) is 30.4 Å². The van der Waals surface area contributed by atoms with Gasteiger partial charge in [0.25, 0.3) is 10.0 Å². The van der Waals surface area contributed by atoms with Gasteiger partial charge in [-0.1, -0.05) is 15.9 Å². The van der Waals surface area contributed by atoms with Crippen LogP contribution >= 0.6 is 15.9 Å². The Balaban J connectivity index is 2.55. The predicted molar refractivity (Wildman–Crippen MR) is 86.5 cm³/mol. The molecule has 0 saturated carbocycles. The minimum atomic E-state index is -4.64. The molecule has 0 radical (unpaired) electrons. The molecule has 0 atom stereocenters. The lowest BCUT2D eigenvalue weighted by atomic mass is 10.1. The number of nitriles is 1. The van der Waals surface area contributed by atoms with Crippen molar-refractivity contribution < 1.29 is 30.4 Å². The average Bonchev–Trinajstić information content (AvgIpc) is 2.60. The van der Waals surface area contributed by atoms with Gasteiger partial charge in [-0.2, -0.15) is 5.26 Å². The molecule has 0 spiro atoms. The van der Waals surface area contributed by atoms with Crippen molar-refractivity contribution >= 4 is 37.7 Å². The van der Waals surface area contributed by atoms with E-state index >= 15 is 0 Å². The summed E-state index contributed by atoms with van der Waals surface area (Å²) in [5.41, 5.74) is -1.54. The second-order valence-electron chi connectivity index (χ2n) is 4.72. The first-order valence-corrected chi connectivity index (χ1v) is 8.77. The molecule has 0 amide bonds. The standard InChI is InChI=1S/C15H6BrF5N2O2S/c16-7-1-3-8(4-2-7)23-26(24,25)9(6-22)5-10-11(17)13(19)15(21)14(20)12(10)18/h1-5,23H. The van der Waals surface area contributed by atoms with Gasteiger partial charge in [0.15, 0.2) is 28.2 Å². The van der Waals surface area contributed by atoms with Gasteiger partial charge in [0.2, 0.25) is 5.82 Å². The Labute approximate surface area is 152 Å². The number of sulfonamides is 1. The highest BCUT2D eigenvalue weighted by atomic mass is 79.9. The van der Waals surface area contributed by atoms with Crippen LogP contribution in [0.25, 0.3) is 6.08 Å². The van der Waals surface area contributed by atoms with Crippen molar-refractivity contribution in [1.82, 2.24) is 0 Å². The van der Waals surface area contributed by atoms with Crippen LogP contribution in [-0.4, -0.2) is 8.42 Å². The van der Waals surface area contributed by atoms with E-state index in [1.165, 1.54) is 24.3 Å². The van der Waals surface area contributed by atoms with Gasteiger partial charge in [0.1, 0.15) is 6.07 Å². The molecule has 0 aliphatic carbocycles. The molecule has 136 valence electrons. The van der Waals surface area contributed by atoms with Crippen molar-refractivity contribution in [2.45, 2.75) is 0 Å². The SMILES string of the molecule is N#CC(=Cc1c(F)c(F)c(F)c(F)c1F)S(=O)(=O)Nc1ccc(Br)cc1. The summed E-state index contributed by atoms with van der Waals surface area (Å²) in [5, 5.41) is 8.97. The van der Waals surface area contributed by atoms with Crippen LogP contribution in [-0.2, 0) is 10.0 Å². The molecule has 0 fully saturated rings. The summed E-state index contributed by atoms with van der Waals surface area (Å²) in [5.74, 6) is -11.4. The minimum absolute atomic E-state index is 0.00626. The molecule has 0 aliphatic rings. The van der Waals surface area contributed by atoms with Gasteiger partial charge in [0.05, 0.1) is 5.56 Å². The van der Waals surface area contributed by atoms with Crippen LogP contribution in [0.3, 0.4) is 0 Å². The van der Waals surface area contributed by atoms with Crippen LogP contribution in [0, 0.1) is 40.4 Å². The molecule has 1 N–H and O–H groups in total. The Morgan fingerprint density at radius 2 is 1.42 bits per heavy atom. The normalized spacial score (nSPS) is 12.0. The van der Waals surface area contributed by atoms with E-state index in [9.17, 15) is 30.4 Å². The number of benzene rings is 2. The van der Waals surface area contributed by atoms with Crippen LogP contribution in [0.15, 0.2) is 33.6 Å². The van der Waals surface area contributed by atoms with Gasteiger partial charge in [0, 0.05) is 10.2 Å². The zero-order chi connectivity index (χ0) is 19.6. The fourth-order valence-corrected chi connectivity index (χ4v) is 2.99. The number of hydrogen-bond acceptors (Lipinski definition) is 3. The molecule has 0 bridgehead atoms. The molecule has 2 rings (SSSR count). The smallest absolute Gasteiger partial charge is 0.272 e. The summed E-state index contributed by atoms with van der Waals surface area (Å²) in [4.78, 5) is -1.25. The fourth-order valence-electron chi connectivity index (χ4n) is 1.78. The number of allylic oxidation sites excluding steroid dienone is 1. The van der Waals surface area contributed by atoms with Crippen LogP contribution in [0.2, 0.25) is 0 Å². The van der Waals surface area contributed by atoms with E-state index in [-0.39, 0.29) is 11.8 Å². The number of halogens is 6. The molecular weight excluding hydrogens is 447 g/mol. The third-order valence-corrected chi connectivity index (χ3v) is 4.84. The van der Waals surface area contributed by atoms with Crippen molar-refractivity contribution in [3.05, 3.63) is 68.3 Å². The first kappa shape index (κ1) is 19.9. The Kier molecular flexibility index (Phi) is 5.68. The van der Waals surface area contributed by atoms with E-state index in [1.807, 2.05) is 4.72 Å². The van der Waals surface area contributed by atoms with E-state index in [1.54, 1.807) is 0 Å². The third-order valence-electron chi connectivity index (χ3n) is 3.02. The summed E-state index contributed by atoms with van der Waals surface area (Å²) in [6.07, 6.45) is 0.0669. The van der Waals surface area contributed by atoms with Crippen molar-refractivity contribution in [1.29, 1.82) is 5.26 Å². The summed E-state index contributed by atoms with van der Waals surface area (Å²) < 4.78 is 93.6. The molecule has 0 aromatic heterocycles. The maximum absolute atomic E-state index is 13.7. The van der Waals surface area contributed by atoms with Crippen LogP contribution in [0.5, 0.6) is 0 Å². The van der Waals surface area contributed by atoms with Gasteiger partial charge in [-0.15, -0.1) is 0 Å². The molecule has 11 heteroatoms. The van der Waals surface area contributed by atoms with E-state index in [2.05, 4.69) is 15.9 Å². The summed E-state index contributed by atoms with van der Waals surface area (Å²) >= 11 is 3.12. The van der Waals surface area contributed by atoms with Crippen molar-refractivity contribution in [2.24, 2.45) is 0 Å². The lowest BCUT2D eigenvalue weighted by Crippen LogP contribution is -2.14. The molecule has 0 aliphatic heterocycles. The topological polar surface area (TPSA) is 70.0 Å². The predicted octanol–water partition coefficient (Wildman–Crippen LogP) is 4.45. The summed E-state index contributed by atoms with van der Waals surface area (Å²) in [6, 6.07) is 6.73. The lowest BCUT2D eigenvalue weighted by molar-refractivity contribution is 0.377. The highest BCUT2D eigenvalue weighted by molar-refractivity contribution is 9.10. The Bertz CT molecular complexity index is 1020. The van der Waals surface area contributed by atoms with E-state index in [4.69, 9.17) is 5.26 Å². The lowest BCUT2D eigenvalue weighted by Gasteiger charge is -2.08. The van der Waals surface area contributed by atoms with Crippen LogP contribution in [0.1, 0.15) is 5.56 Å². The Morgan fingerprint density at radius 1 is 0.962 bits per heavy atom. The first-order valence-electron chi connectivity index (χ1n) is 6.50. The fraction of sp³-hybridized carbons (Fsp3) is 0. The van der Waals surface area contributed by atoms with Crippen molar-refractivity contribution in [2.75, 3.05) is 4.72 Å². The van der Waals surface area contributed by atoms with Crippen molar-refractivity contribution in [3.8, 4) is 6.07 Å². The van der Waals surface area contributed by atoms with Gasteiger partial charge in [-0.3, -0.25) is 4.72 Å². The molecule has 2 aromatic carbocycles. The third kappa shape index (κ3) is 3.86. The number of hydrogen-bond donors (Lipinski definition) is 1. The van der Waals surface area contributed by atoms with E-state index in [0.29, 0.717) is 4.47 Å². The monoisotopic (exact) mass is 452 g/mol.